The van der Waals surface area contributed by atoms with Crippen molar-refractivity contribution >= 4 is 5.91 Å². The number of rotatable bonds is 7. The second-order valence-electron chi connectivity index (χ2n) is 4.26. The van der Waals surface area contributed by atoms with Crippen molar-refractivity contribution in [3.05, 3.63) is 18.0 Å². The van der Waals surface area contributed by atoms with Gasteiger partial charge in [0.25, 0.3) is 0 Å². The SMILES string of the molecule is CCn1nccc1CNCCNC(=O)C(C)C. The van der Waals surface area contributed by atoms with Gasteiger partial charge in [-0.05, 0) is 13.0 Å². The van der Waals surface area contributed by atoms with E-state index in [9.17, 15) is 4.79 Å². The highest BCUT2D eigenvalue weighted by Gasteiger charge is 2.04. The summed E-state index contributed by atoms with van der Waals surface area (Å²) in [5.41, 5.74) is 1.17. The molecule has 0 radical (unpaired) electrons. The molecule has 0 bridgehead atoms. The molecule has 0 aliphatic heterocycles. The Morgan fingerprint density at radius 1 is 1.47 bits per heavy atom. The molecule has 2 N–H and O–H groups in total. The molecule has 0 aromatic carbocycles. The summed E-state index contributed by atoms with van der Waals surface area (Å²) in [5.74, 6) is 0.155. The predicted molar refractivity (Wildman–Crippen MR) is 67.5 cm³/mol. The number of aryl methyl sites for hydroxylation is 1. The minimum atomic E-state index is 0.0523. The van der Waals surface area contributed by atoms with E-state index in [1.165, 1.54) is 5.69 Å². The monoisotopic (exact) mass is 238 g/mol. The van der Waals surface area contributed by atoms with Gasteiger partial charge < -0.3 is 10.6 Å². The van der Waals surface area contributed by atoms with E-state index in [2.05, 4.69) is 22.7 Å². The Bertz CT molecular complexity index is 346. The largest absolute Gasteiger partial charge is 0.355 e. The first kappa shape index (κ1) is 13.7. The molecule has 0 spiro atoms. The van der Waals surface area contributed by atoms with Gasteiger partial charge in [0.1, 0.15) is 0 Å². The van der Waals surface area contributed by atoms with Gasteiger partial charge in [0, 0.05) is 38.3 Å². The van der Waals surface area contributed by atoms with E-state index in [-0.39, 0.29) is 11.8 Å². The maximum atomic E-state index is 11.3. The topological polar surface area (TPSA) is 59.0 Å². The quantitative estimate of drug-likeness (QED) is 0.690. The van der Waals surface area contributed by atoms with E-state index in [0.29, 0.717) is 6.54 Å². The first-order valence-corrected chi connectivity index (χ1v) is 6.14. The molecule has 0 unspecified atom stereocenters. The summed E-state index contributed by atoms with van der Waals surface area (Å²) >= 11 is 0. The van der Waals surface area contributed by atoms with E-state index in [0.717, 1.165) is 19.6 Å². The maximum Gasteiger partial charge on any atom is 0.222 e. The molecule has 96 valence electrons. The average Bonchev–Trinajstić information content (AvgIpc) is 2.75. The van der Waals surface area contributed by atoms with E-state index < -0.39 is 0 Å². The summed E-state index contributed by atoms with van der Waals surface area (Å²) in [4.78, 5) is 11.3. The summed E-state index contributed by atoms with van der Waals surface area (Å²) in [6.45, 7) is 8.95. The van der Waals surface area contributed by atoms with Crippen LogP contribution in [0.25, 0.3) is 0 Å². The second-order valence-corrected chi connectivity index (χ2v) is 4.26. The zero-order chi connectivity index (χ0) is 12.7. The Morgan fingerprint density at radius 3 is 2.88 bits per heavy atom. The van der Waals surface area contributed by atoms with Crippen molar-refractivity contribution in [1.82, 2.24) is 20.4 Å². The number of carbonyl (C=O) groups excluding carboxylic acids is 1. The fourth-order valence-electron chi connectivity index (χ4n) is 1.49. The van der Waals surface area contributed by atoms with E-state index in [4.69, 9.17) is 0 Å². The Hall–Kier alpha value is -1.36. The minimum Gasteiger partial charge on any atom is -0.355 e. The maximum absolute atomic E-state index is 11.3. The van der Waals surface area contributed by atoms with Crippen molar-refractivity contribution in [1.29, 1.82) is 0 Å². The van der Waals surface area contributed by atoms with Crippen LogP contribution in [0.5, 0.6) is 0 Å². The third kappa shape index (κ3) is 4.56. The normalized spacial score (nSPS) is 10.8. The van der Waals surface area contributed by atoms with Crippen molar-refractivity contribution in [2.45, 2.75) is 33.9 Å². The van der Waals surface area contributed by atoms with Gasteiger partial charge in [0.15, 0.2) is 0 Å². The average molecular weight is 238 g/mol. The van der Waals surface area contributed by atoms with Crippen molar-refractivity contribution in [3.63, 3.8) is 0 Å². The minimum absolute atomic E-state index is 0.0523. The summed E-state index contributed by atoms with van der Waals surface area (Å²) in [7, 11) is 0. The summed E-state index contributed by atoms with van der Waals surface area (Å²) in [5, 5.41) is 10.3. The Labute approximate surface area is 103 Å². The number of carbonyl (C=O) groups is 1. The standard InChI is InChI=1S/C12H22N4O/c1-4-16-11(5-6-15-16)9-13-7-8-14-12(17)10(2)3/h5-6,10,13H,4,7-9H2,1-3H3,(H,14,17). The molecule has 5 heteroatoms. The lowest BCUT2D eigenvalue weighted by Crippen LogP contribution is -2.34. The summed E-state index contributed by atoms with van der Waals surface area (Å²) in [6.07, 6.45) is 1.81. The number of nitrogens with one attached hydrogen (secondary N) is 2. The van der Waals surface area contributed by atoms with Crippen molar-refractivity contribution in [2.75, 3.05) is 13.1 Å². The molecule has 17 heavy (non-hydrogen) atoms. The smallest absolute Gasteiger partial charge is 0.222 e. The molecule has 0 saturated carbocycles. The Balaban J connectivity index is 2.14. The van der Waals surface area contributed by atoms with E-state index >= 15 is 0 Å². The van der Waals surface area contributed by atoms with Crippen LogP contribution in [0.15, 0.2) is 12.3 Å². The van der Waals surface area contributed by atoms with Gasteiger partial charge in [-0.15, -0.1) is 0 Å². The van der Waals surface area contributed by atoms with Crippen LogP contribution >= 0.6 is 0 Å². The fourth-order valence-corrected chi connectivity index (χ4v) is 1.49. The van der Waals surface area contributed by atoms with Gasteiger partial charge >= 0.3 is 0 Å². The predicted octanol–water partition coefficient (Wildman–Crippen LogP) is 0.765. The van der Waals surface area contributed by atoms with Crippen LogP contribution in [0.1, 0.15) is 26.5 Å². The molecule has 1 rings (SSSR count). The lowest BCUT2D eigenvalue weighted by molar-refractivity contribution is -0.123. The van der Waals surface area contributed by atoms with Gasteiger partial charge in [0.05, 0.1) is 5.69 Å². The molecule has 5 nitrogen and oxygen atoms in total. The second kappa shape index (κ2) is 7.06. The first-order chi connectivity index (χ1) is 8.15. The molecule has 1 amide bonds. The highest BCUT2D eigenvalue weighted by molar-refractivity contribution is 5.77. The van der Waals surface area contributed by atoms with Gasteiger partial charge in [0.2, 0.25) is 5.91 Å². The zero-order valence-electron chi connectivity index (χ0n) is 10.9. The van der Waals surface area contributed by atoms with Crippen molar-refractivity contribution in [3.8, 4) is 0 Å². The number of amides is 1. The molecule has 0 aliphatic rings. The van der Waals surface area contributed by atoms with Crippen LogP contribution in [-0.2, 0) is 17.9 Å². The van der Waals surface area contributed by atoms with E-state index in [1.807, 2.05) is 24.6 Å². The van der Waals surface area contributed by atoms with Crippen LogP contribution in [0.2, 0.25) is 0 Å². The van der Waals surface area contributed by atoms with Crippen LogP contribution < -0.4 is 10.6 Å². The molecule has 1 heterocycles. The van der Waals surface area contributed by atoms with Gasteiger partial charge in [-0.1, -0.05) is 13.8 Å². The summed E-state index contributed by atoms with van der Waals surface area (Å²) < 4.78 is 1.96. The van der Waals surface area contributed by atoms with Crippen LogP contribution in [0.3, 0.4) is 0 Å². The number of hydrogen-bond donors (Lipinski definition) is 2. The van der Waals surface area contributed by atoms with Gasteiger partial charge in [-0.25, -0.2) is 0 Å². The molecule has 0 saturated heterocycles. The lowest BCUT2D eigenvalue weighted by atomic mass is 10.2. The van der Waals surface area contributed by atoms with Gasteiger partial charge in [-0.3, -0.25) is 9.48 Å². The zero-order valence-corrected chi connectivity index (χ0v) is 10.9. The van der Waals surface area contributed by atoms with Crippen molar-refractivity contribution in [2.24, 2.45) is 5.92 Å². The Kier molecular flexibility index (Phi) is 5.69. The van der Waals surface area contributed by atoms with Crippen LogP contribution in [0, 0.1) is 5.92 Å². The molecular weight excluding hydrogens is 216 g/mol. The number of aromatic nitrogens is 2. The van der Waals surface area contributed by atoms with Crippen LogP contribution in [-0.4, -0.2) is 28.8 Å². The fraction of sp³-hybridized carbons (Fsp3) is 0.667. The van der Waals surface area contributed by atoms with Crippen LogP contribution in [0.4, 0.5) is 0 Å². The lowest BCUT2D eigenvalue weighted by Gasteiger charge is -2.09. The molecular formula is C12H22N4O. The number of nitrogens with zero attached hydrogens (tertiary/aromatic N) is 2. The molecule has 0 atom stereocenters. The summed E-state index contributed by atoms with van der Waals surface area (Å²) in [6, 6.07) is 2.00. The van der Waals surface area contributed by atoms with Crippen molar-refractivity contribution < 1.29 is 4.79 Å². The number of hydrogen-bond acceptors (Lipinski definition) is 3. The molecule has 0 aliphatic carbocycles. The molecule has 1 aromatic heterocycles. The van der Waals surface area contributed by atoms with E-state index in [1.54, 1.807) is 6.20 Å². The Morgan fingerprint density at radius 2 is 2.24 bits per heavy atom. The molecule has 1 aromatic rings. The first-order valence-electron chi connectivity index (χ1n) is 6.14. The molecule has 0 fully saturated rings. The highest BCUT2D eigenvalue weighted by atomic mass is 16.1. The third-order valence-corrected chi connectivity index (χ3v) is 2.54. The van der Waals surface area contributed by atoms with Gasteiger partial charge in [-0.2, -0.15) is 5.10 Å². The highest BCUT2D eigenvalue weighted by Crippen LogP contribution is 1.97. The third-order valence-electron chi connectivity index (χ3n) is 2.54.